The molecule has 2 aromatic rings. The average molecular weight is 358 g/mol. The second kappa shape index (κ2) is 6.53. The van der Waals surface area contributed by atoms with Crippen molar-refractivity contribution in [2.24, 2.45) is 0 Å². The second-order valence-electron chi connectivity index (χ2n) is 6.74. The van der Waals surface area contributed by atoms with E-state index < -0.39 is 23.3 Å². The van der Waals surface area contributed by atoms with Gasteiger partial charge in [-0.25, -0.2) is 4.39 Å². The molecule has 7 nitrogen and oxygen atoms in total. The van der Waals surface area contributed by atoms with E-state index in [1.165, 1.54) is 29.2 Å². The van der Waals surface area contributed by atoms with Crippen molar-refractivity contribution in [1.29, 1.82) is 0 Å². The van der Waals surface area contributed by atoms with Gasteiger partial charge < -0.3 is 20.5 Å². The molecule has 2 aliphatic rings. The lowest BCUT2D eigenvalue weighted by Crippen LogP contribution is -2.59. The van der Waals surface area contributed by atoms with Crippen molar-refractivity contribution in [2.45, 2.75) is 24.9 Å². The van der Waals surface area contributed by atoms with Crippen LogP contribution >= 0.6 is 0 Å². The zero-order chi connectivity index (χ0) is 18.3. The lowest BCUT2D eigenvalue weighted by molar-refractivity contribution is -0.126. The zero-order valence-electron chi connectivity index (χ0n) is 14.0. The molecule has 136 valence electrons. The molecule has 2 fully saturated rings. The van der Waals surface area contributed by atoms with Crippen LogP contribution in [0.3, 0.4) is 0 Å². The fraction of sp³-hybridized carbons (Fsp3) is 0.389. The number of aromatic amines is 1. The number of H-pyrrole nitrogens is 1. The monoisotopic (exact) mass is 358 g/mol. The van der Waals surface area contributed by atoms with Gasteiger partial charge in [-0.05, 0) is 31.0 Å². The third-order valence-electron chi connectivity index (χ3n) is 4.77. The number of aromatic nitrogens is 1. The van der Waals surface area contributed by atoms with Gasteiger partial charge in [0.05, 0.1) is 5.56 Å². The Balaban J connectivity index is 1.71. The normalized spacial score (nSPS) is 20.2. The summed E-state index contributed by atoms with van der Waals surface area (Å²) in [6.45, 7) is 1.24. The van der Waals surface area contributed by atoms with Crippen LogP contribution in [0.15, 0.2) is 29.1 Å². The van der Waals surface area contributed by atoms with Gasteiger partial charge in [-0.1, -0.05) is 0 Å². The summed E-state index contributed by atoms with van der Waals surface area (Å²) in [7, 11) is 0. The van der Waals surface area contributed by atoms with E-state index in [-0.39, 0.29) is 17.5 Å². The Hall–Kier alpha value is -2.74. The van der Waals surface area contributed by atoms with E-state index in [4.69, 9.17) is 0 Å². The van der Waals surface area contributed by atoms with E-state index in [2.05, 4.69) is 15.6 Å². The maximum absolute atomic E-state index is 13.7. The lowest BCUT2D eigenvalue weighted by Gasteiger charge is -2.35. The first-order valence-corrected chi connectivity index (χ1v) is 8.67. The van der Waals surface area contributed by atoms with E-state index in [1.54, 1.807) is 0 Å². The number of hydrogen-bond donors (Lipinski definition) is 3. The summed E-state index contributed by atoms with van der Waals surface area (Å²) in [6.07, 6.45) is 1.91. The average Bonchev–Trinajstić information content (AvgIpc) is 3.45. The number of halogens is 1. The van der Waals surface area contributed by atoms with Crippen molar-refractivity contribution in [3.63, 3.8) is 0 Å². The number of nitrogens with zero attached hydrogens (tertiary/aromatic N) is 1. The van der Waals surface area contributed by atoms with Crippen LogP contribution < -0.4 is 16.2 Å². The van der Waals surface area contributed by atoms with E-state index in [9.17, 15) is 18.8 Å². The molecule has 4 rings (SSSR count). The van der Waals surface area contributed by atoms with Gasteiger partial charge in [-0.2, -0.15) is 0 Å². The molecular formula is C18H19FN4O3. The van der Waals surface area contributed by atoms with Crippen molar-refractivity contribution in [1.82, 2.24) is 20.5 Å². The van der Waals surface area contributed by atoms with Crippen LogP contribution in [0, 0.1) is 5.82 Å². The number of amides is 2. The van der Waals surface area contributed by atoms with Gasteiger partial charge in [0.1, 0.15) is 11.9 Å². The molecule has 1 saturated carbocycles. The van der Waals surface area contributed by atoms with Crippen LogP contribution in [0.4, 0.5) is 4.39 Å². The summed E-state index contributed by atoms with van der Waals surface area (Å²) in [4.78, 5) is 41.6. The molecule has 0 bridgehead atoms. The highest BCUT2D eigenvalue weighted by atomic mass is 19.1. The molecule has 0 spiro atoms. The van der Waals surface area contributed by atoms with Gasteiger partial charge in [0.15, 0.2) is 0 Å². The summed E-state index contributed by atoms with van der Waals surface area (Å²) in [5, 5.41) is 6.37. The number of carbonyl (C=O) groups excluding carboxylic acids is 2. The first-order chi connectivity index (χ1) is 12.5. The van der Waals surface area contributed by atoms with Crippen molar-refractivity contribution in [3.05, 3.63) is 46.0 Å². The third kappa shape index (κ3) is 3.20. The van der Waals surface area contributed by atoms with Gasteiger partial charge in [-0.3, -0.25) is 14.4 Å². The molecule has 1 aromatic carbocycles. The minimum atomic E-state index is -0.653. The summed E-state index contributed by atoms with van der Waals surface area (Å²) in [5.74, 6) is -1.14. The lowest BCUT2D eigenvalue weighted by atomic mass is 10.1. The fourth-order valence-corrected chi connectivity index (χ4v) is 3.26. The number of hydrogen-bond acceptors (Lipinski definition) is 4. The molecule has 1 aromatic heterocycles. The molecular weight excluding hydrogens is 339 g/mol. The standard InChI is InChI=1S/C18H19FN4O3/c19-10-1-4-14-12(7-10)13(8-16(24)22-14)18(26)23-6-5-20-9-15(23)17(25)21-11-2-3-11/h1,4,7-8,11,15,20H,2-3,5-6,9H2,(H,21,25)(H,22,24)/t15-/m1/s1. The number of nitrogens with one attached hydrogen (secondary N) is 3. The fourth-order valence-electron chi connectivity index (χ4n) is 3.26. The maximum atomic E-state index is 13.7. The van der Waals surface area contributed by atoms with Crippen LogP contribution in [0.25, 0.3) is 10.9 Å². The second-order valence-corrected chi connectivity index (χ2v) is 6.74. The van der Waals surface area contributed by atoms with Crippen molar-refractivity contribution >= 4 is 22.7 Å². The molecule has 1 aliphatic carbocycles. The van der Waals surface area contributed by atoms with E-state index in [1.807, 2.05) is 0 Å². The Morgan fingerprint density at radius 3 is 2.81 bits per heavy atom. The van der Waals surface area contributed by atoms with Crippen molar-refractivity contribution < 1.29 is 14.0 Å². The van der Waals surface area contributed by atoms with Crippen LogP contribution in [0.2, 0.25) is 0 Å². The van der Waals surface area contributed by atoms with E-state index in [0.717, 1.165) is 12.8 Å². The van der Waals surface area contributed by atoms with E-state index >= 15 is 0 Å². The Kier molecular flexibility index (Phi) is 4.20. The molecule has 2 heterocycles. The number of piperazine rings is 1. The zero-order valence-corrected chi connectivity index (χ0v) is 14.0. The van der Waals surface area contributed by atoms with Crippen molar-refractivity contribution in [3.8, 4) is 0 Å². The van der Waals surface area contributed by atoms with Gasteiger partial charge in [-0.15, -0.1) is 0 Å². The quantitative estimate of drug-likeness (QED) is 0.738. The molecule has 1 atom stereocenters. The van der Waals surface area contributed by atoms with Crippen LogP contribution in [-0.2, 0) is 4.79 Å². The van der Waals surface area contributed by atoms with Crippen LogP contribution in [0.1, 0.15) is 23.2 Å². The predicted molar refractivity (Wildman–Crippen MR) is 93.4 cm³/mol. The molecule has 0 unspecified atom stereocenters. The summed E-state index contributed by atoms with van der Waals surface area (Å²) < 4.78 is 13.7. The predicted octanol–water partition coefficient (Wildman–Crippen LogP) is 0.360. The first-order valence-electron chi connectivity index (χ1n) is 8.67. The molecule has 3 N–H and O–H groups in total. The Labute approximate surface area is 148 Å². The Bertz CT molecular complexity index is 938. The number of fused-ring (bicyclic) bond motifs is 1. The highest BCUT2D eigenvalue weighted by Crippen LogP contribution is 2.22. The highest BCUT2D eigenvalue weighted by molar-refractivity contribution is 6.07. The first kappa shape index (κ1) is 16.7. The number of carbonyl (C=O) groups is 2. The number of rotatable bonds is 3. The minimum absolute atomic E-state index is 0.106. The van der Waals surface area contributed by atoms with Crippen LogP contribution in [-0.4, -0.2) is 53.4 Å². The summed E-state index contributed by atoms with van der Waals surface area (Å²) in [6, 6.07) is 4.58. The number of benzene rings is 1. The minimum Gasteiger partial charge on any atom is -0.352 e. The van der Waals surface area contributed by atoms with Gasteiger partial charge >= 0.3 is 0 Å². The largest absolute Gasteiger partial charge is 0.352 e. The molecule has 1 aliphatic heterocycles. The summed E-state index contributed by atoms with van der Waals surface area (Å²) >= 11 is 0. The highest BCUT2D eigenvalue weighted by Gasteiger charge is 2.35. The molecule has 0 radical (unpaired) electrons. The van der Waals surface area contributed by atoms with Gasteiger partial charge in [0.25, 0.3) is 5.91 Å². The maximum Gasteiger partial charge on any atom is 0.255 e. The number of pyridine rings is 1. The molecule has 26 heavy (non-hydrogen) atoms. The van der Waals surface area contributed by atoms with Gasteiger partial charge in [0.2, 0.25) is 11.5 Å². The van der Waals surface area contributed by atoms with Gasteiger partial charge in [0, 0.05) is 42.6 Å². The topological polar surface area (TPSA) is 94.3 Å². The SMILES string of the molecule is O=C(NC1CC1)[C@H]1CNCCN1C(=O)c1cc(=O)[nH]c2ccc(F)cc12. The molecule has 1 saturated heterocycles. The molecule has 8 heteroatoms. The van der Waals surface area contributed by atoms with Crippen LogP contribution in [0.5, 0.6) is 0 Å². The summed E-state index contributed by atoms with van der Waals surface area (Å²) in [5.41, 5.74) is 0.0484. The van der Waals surface area contributed by atoms with E-state index in [0.29, 0.717) is 30.5 Å². The third-order valence-corrected chi connectivity index (χ3v) is 4.77. The molecule has 2 amide bonds. The smallest absolute Gasteiger partial charge is 0.255 e. The Morgan fingerprint density at radius 2 is 2.04 bits per heavy atom. The van der Waals surface area contributed by atoms with Crippen molar-refractivity contribution in [2.75, 3.05) is 19.6 Å². The Morgan fingerprint density at radius 1 is 1.23 bits per heavy atom.